The molecule has 5 nitrogen and oxygen atoms in total. The molecule has 53 heavy (non-hydrogen) atoms. The lowest BCUT2D eigenvalue weighted by molar-refractivity contribution is 1.18. The van der Waals surface area contributed by atoms with Gasteiger partial charge in [-0.3, -0.25) is 0 Å². The van der Waals surface area contributed by atoms with Crippen LogP contribution in [0.25, 0.3) is 97.8 Å². The van der Waals surface area contributed by atoms with Crippen molar-refractivity contribution in [2.24, 2.45) is 0 Å². The standard InChI is InChI=1S/C47H27N5S/c48-28-39-46-45(50-47(49-39)29-11-3-1-4-12-29)38-27-33(21-24-44(38)53-46)52-41-18-10-8-16-35(41)37-26-31(20-23-43(37)52)30-19-22-42-36(25-30)34-15-7-9-17-40(34)51(42)32-13-5-2-6-14-32/h1-27H. The van der Waals surface area contributed by atoms with Crippen molar-refractivity contribution >= 4 is 75.3 Å². The Balaban J connectivity index is 1.09. The van der Waals surface area contributed by atoms with Crippen LogP contribution in [0.4, 0.5) is 0 Å². The van der Waals surface area contributed by atoms with E-state index in [4.69, 9.17) is 4.98 Å². The molecule has 11 rings (SSSR count). The lowest BCUT2D eigenvalue weighted by Crippen LogP contribution is -1.94. The van der Waals surface area contributed by atoms with Crippen LogP contribution < -0.4 is 0 Å². The van der Waals surface area contributed by atoms with Crippen molar-refractivity contribution in [3.05, 3.63) is 169 Å². The predicted octanol–water partition coefficient (Wildman–Crippen LogP) is 12.2. The summed E-state index contributed by atoms with van der Waals surface area (Å²) >= 11 is 1.57. The van der Waals surface area contributed by atoms with Crippen molar-refractivity contribution in [2.45, 2.75) is 0 Å². The Morgan fingerprint density at radius 2 is 1.02 bits per heavy atom. The minimum atomic E-state index is 0.406. The van der Waals surface area contributed by atoms with Crippen LogP contribution in [-0.4, -0.2) is 19.1 Å². The summed E-state index contributed by atoms with van der Waals surface area (Å²) in [5.74, 6) is 0.562. The third-order valence-corrected chi connectivity index (χ3v) is 11.6. The number of rotatable bonds is 4. The van der Waals surface area contributed by atoms with Crippen LogP contribution in [0.3, 0.4) is 0 Å². The molecular weight excluding hydrogens is 667 g/mol. The Bertz CT molecular complexity index is 3290. The number of fused-ring (bicyclic) bond motifs is 9. The molecule has 0 aliphatic carbocycles. The molecule has 4 aromatic heterocycles. The highest BCUT2D eigenvalue weighted by atomic mass is 32.1. The average molecular weight is 694 g/mol. The number of hydrogen-bond acceptors (Lipinski definition) is 4. The fourth-order valence-corrected chi connectivity index (χ4v) is 9.06. The molecule has 0 amide bonds. The molecule has 4 heterocycles. The van der Waals surface area contributed by atoms with Crippen molar-refractivity contribution in [1.82, 2.24) is 19.1 Å². The minimum Gasteiger partial charge on any atom is -0.309 e. The number of para-hydroxylation sites is 3. The summed E-state index contributed by atoms with van der Waals surface area (Å²) in [6, 6.07) is 60.3. The molecule has 0 unspecified atom stereocenters. The Hall–Kier alpha value is -7.07. The van der Waals surface area contributed by atoms with Crippen molar-refractivity contribution < 1.29 is 0 Å². The highest BCUT2D eigenvalue weighted by molar-refractivity contribution is 7.26. The van der Waals surface area contributed by atoms with Gasteiger partial charge in [0.2, 0.25) is 0 Å². The molecule has 0 bridgehead atoms. The first-order valence-corrected chi connectivity index (χ1v) is 18.4. The fourth-order valence-electron chi connectivity index (χ4n) is 8.00. The summed E-state index contributed by atoms with van der Waals surface area (Å²) in [5, 5.41) is 16.0. The minimum absolute atomic E-state index is 0.406. The number of nitrogens with zero attached hydrogens (tertiary/aromatic N) is 5. The van der Waals surface area contributed by atoms with Crippen molar-refractivity contribution in [3.8, 4) is 40.0 Å². The Kier molecular flexibility index (Phi) is 6.42. The van der Waals surface area contributed by atoms with Gasteiger partial charge in [-0.25, -0.2) is 9.97 Å². The van der Waals surface area contributed by atoms with Gasteiger partial charge in [0.1, 0.15) is 6.07 Å². The zero-order valence-corrected chi connectivity index (χ0v) is 29.0. The molecular formula is C47H27N5S. The maximum absolute atomic E-state index is 10.1. The van der Waals surface area contributed by atoms with E-state index in [0.29, 0.717) is 11.5 Å². The van der Waals surface area contributed by atoms with Crippen LogP contribution in [0.15, 0.2) is 164 Å². The van der Waals surface area contributed by atoms with Crippen LogP contribution >= 0.6 is 11.3 Å². The SMILES string of the molecule is N#Cc1nc(-c2ccccc2)nc2c1sc1ccc(-n3c4ccccc4c4cc(-c5ccc6c(c5)c5ccccc5n6-c5ccccc5)ccc43)cc12. The molecule has 0 atom stereocenters. The van der Waals surface area contributed by atoms with E-state index in [1.165, 1.54) is 43.7 Å². The molecule has 0 aliphatic rings. The van der Waals surface area contributed by atoms with Gasteiger partial charge >= 0.3 is 0 Å². The highest BCUT2D eigenvalue weighted by Gasteiger charge is 2.19. The van der Waals surface area contributed by atoms with Gasteiger partial charge in [0.25, 0.3) is 0 Å². The van der Waals surface area contributed by atoms with Gasteiger partial charge in [-0.15, -0.1) is 11.3 Å². The van der Waals surface area contributed by atoms with E-state index < -0.39 is 0 Å². The molecule has 0 N–H and O–H groups in total. The summed E-state index contributed by atoms with van der Waals surface area (Å²) in [4.78, 5) is 9.68. The maximum Gasteiger partial charge on any atom is 0.162 e. The zero-order valence-electron chi connectivity index (χ0n) is 28.2. The second-order valence-corrected chi connectivity index (χ2v) is 14.4. The van der Waals surface area contributed by atoms with E-state index in [9.17, 15) is 5.26 Å². The molecule has 246 valence electrons. The second kappa shape index (κ2) is 11.5. The fraction of sp³-hybridized carbons (Fsp3) is 0. The molecule has 0 saturated heterocycles. The lowest BCUT2D eigenvalue weighted by atomic mass is 10.0. The van der Waals surface area contributed by atoms with Gasteiger partial charge in [-0.1, -0.05) is 97.1 Å². The van der Waals surface area contributed by atoms with Gasteiger partial charge in [0, 0.05) is 48.6 Å². The summed E-state index contributed by atoms with van der Waals surface area (Å²) < 4.78 is 6.59. The molecule has 6 heteroatoms. The first-order chi connectivity index (χ1) is 26.2. The Labute approximate surface area is 307 Å². The Morgan fingerprint density at radius 1 is 0.453 bits per heavy atom. The largest absolute Gasteiger partial charge is 0.309 e. The number of hydrogen-bond donors (Lipinski definition) is 0. The van der Waals surface area contributed by atoms with Gasteiger partial charge in [-0.2, -0.15) is 5.26 Å². The van der Waals surface area contributed by atoms with Crippen LogP contribution in [0.1, 0.15) is 5.69 Å². The number of thiophene rings is 1. The highest BCUT2D eigenvalue weighted by Crippen LogP contribution is 2.41. The topological polar surface area (TPSA) is 59.4 Å². The van der Waals surface area contributed by atoms with E-state index >= 15 is 0 Å². The van der Waals surface area contributed by atoms with Crippen LogP contribution in [0, 0.1) is 11.3 Å². The zero-order chi connectivity index (χ0) is 35.0. The number of benzene rings is 7. The van der Waals surface area contributed by atoms with E-state index in [2.05, 4.69) is 154 Å². The normalized spacial score (nSPS) is 11.8. The second-order valence-electron chi connectivity index (χ2n) is 13.3. The predicted molar refractivity (Wildman–Crippen MR) is 219 cm³/mol. The lowest BCUT2D eigenvalue weighted by Gasteiger charge is -2.10. The van der Waals surface area contributed by atoms with Gasteiger partial charge in [0.15, 0.2) is 11.5 Å². The molecule has 0 radical (unpaired) electrons. The van der Waals surface area contributed by atoms with Crippen molar-refractivity contribution in [2.75, 3.05) is 0 Å². The van der Waals surface area contributed by atoms with E-state index in [-0.39, 0.29) is 0 Å². The molecule has 0 spiro atoms. The summed E-state index contributed by atoms with van der Waals surface area (Å²) in [7, 11) is 0. The maximum atomic E-state index is 10.1. The Morgan fingerprint density at radius 3 is 1.66 bits per heavy atom. The third-order valence-electron chi connectivity index (χ3n) is 10.4. The van der Waals surface area contributed by atoms with Crippen LogP contribution in [0.2, 0.25) is 0 Å². The summed E-state index contributed by atoms with van der Waals surface area (Å²) in [5.41, 5.74) is 11.3. The molecule has 11 aromatic rings. The first-order valence-electron chi connectivity index (χ1n) is 17.6. The monoisotopic (exact) mass is 693 g/mol. The quantitative estimate of drug-likeness (QED) is 0.184. The number of nitriles is 1. The van der Waals surface area contributed by atoms with Gasteiger partial charge in [-0.05, 0) is 77.9 Å². The van der Waals surface area contributed by atoms with Gasteiger partial charge in [0.05, 0.1) is 32.3 Å². The molecule has 0 saturated carbocycles. The van der Waals surface area contributed by atoms with E-state index in [0.717, 1.165) is 48.3 Å². The molecule has 0 aliphatic heterocycles. The van der Waals surface area contributed by atoms with Gasteiger partial charge < -0.3 is 9.13 Å². The number of aromatic nitrogens is 4. The third kappa shape index (κ3) is 4.48. The summed E-state index contributed by atoms with van der Waals surface area (Å²) in [6.45, 7) is 0. The van der Waals surface area contributed by atoms with E-state index in [1.807, 2.05) is 30.3 Å². The summed E-state index contributed by atoms with van der Waals surface area (Å²) in [6.07, 6.45) is 0. The average Bonchev–Trinajstić information content (AvgIpc) is 3.88. The van der Waals surface area contributed by atoms with Crippen LogP contribution in [-0.2, 0) is 0 Å². The molecule has 0 fully saturated rings. The smallest absolute Gasteiger partial charge is 0.162 e. The van der Waals surface area contributed by atoms with Crippen molar-refractivity contribution in [1.29, 1.82) is 5.26 Å². The first kappa shape index (κ1) is 29.6. The molecule has 7 aromatic carbocycles. The van der Waals surface area contributed by atoms with Crippen molar-refractivity contribution in [3.63, 3.8) is 0 Å². The van der Waals surface area contributed by atoms with Crippen LogP contribution in [0.5, 0.6) is 0 Å². The van der Waals surface area contributed by atoms with E-state index in [1.54, 1.807) is 11.3 Å².